The zero-order valence-electron chi connectivity index (χ0n) is 18.1. The van der Waals surface area contributed by atoms with Gasteiger partial charge in [-0.05, 0) is 42.0 Å². The van der Waals surface area contributed by atoms with Gasteiger partial charge in [-0.2, -0.15) is 0 Å². The van der Waals surface area contributed by atoms with Crippen LogP contribution in [0.4, 0.5) is 5.69 Å². The summed E-state index contributed by atoms with van der Waals surface area (Å²) < 4.78 is 36.8. The summed E-state index contributed by atoms with van der Waals surface area (Å²) in [6.45, 7) is 0.390. The third-order valence-corrected chi connectivity index (χ3v) is 6.05. The van der Waals surface area contributed by atoms with Crippen molar-refractivity contribution < 1.29 is 22.7 Å². The van der Waals surface area contributed by atoms with Crippen LogP contribution < -0.4 is 20.3 Å². The van der Waals surface area contributed by atoms with Crippen molar-refractivity contribution in [3.63, 3.8) is 0 Å². The van der Waals surface area contributed by atoms with E-state index in [0.29, 0.717) is 23.7 Å². The Kier molecular flexibility index (Phi) is 7.93. The number of H-pyrrole nitrogens is 1. The van der Waals surface area contributed by atoms with Crippen LogP contribution in [0.3, 0.4) is 0 Å². The fourth-order valence-electron chi connectivity index (χ4n) is 2.92. The number of ether oxygens (including phenoxy) is 2. The molecule has 0 radical (unpaired) electrons. The number of anilines is 1. The first-order valence-corrected chi connectivity index (χ1v) is 11.4. The topological polar surface area (TPSA) is 139 Å². The van der Waals surface area contributed by atoms with Crippen molar-refractivity contribution in [1.29, 1.82) is 0 Å². The van der Waals surface area contributed by atoms with Gasteiger partial charge in [0.15, 0.2) is 0 Å². The van der Waals surface area contributed by atoms with Gasteiger partial charge < -0.3 is 19.8 Å². The highest BCUT2D eigenvalue weighted by molar-refractivity contribution is 7.89. The second kappa shape index (κ2) is 10.9. The summed E-state index contributed by atoms with van der Waals surface area (Å²) >= 11 is 0. The summed E-state index contributed by atoms with van der Waals surface area (Å²) in [4.78, 5) is 31.6. The summed E-state index contributed by atoms with van der Waals surface area (Å²) in [6, 6.07) is 14.0. The van der Waals surface area contributed by atoms with Crippen molar-refractivity contribution in [3.8, 4) is 5.75 Å². The summed E-state index contributed by atoms with van der Waals surface area (Å²) in [5.41, 5.74) is 0.726. The molecule has 0 saturated heterocycles. The van der Waals surface area contributed by atoms with Gasteiger partial charge in [0.05, 0.1) is 18.6 Å². The number of amides is 1. The quantitative estimate of drug-likeness (QED) is 0.380. The molecule has 0 atom stereocenters. The molecule has 0 fully saturated rings. The van der Waals surface area contributed by atoms with Crippen LogP contribution in [0.15, 0.2) is 64.3 Å². The lowest BCUT2D eigenvalue weighted by Gasteiger charge is -2.09. The zero-order valence-corrected chi connectivity index (χ0v) is 18.9. The average molecular weight is 473 g/mol. The van der Waals surface area contributed by atoms with Crippen LogP contribution in [-0.2, 0) is 21.2 Å². The number of methoxy groups -OCH3 is 2. The molecule has 0 spiro atoms. The van der Waals surface area contributed by atoms with E-state index in [1.807, 2.05) is 12.1 Å². The Morgan fingerprint density at radius 3 is 2.39 bits per heavy atom. The van der Waals surface area contributed by atoms with Gasteiger partial charge in [-0.15, -0.1) is 0 Å². The highest BCUT2D eigenvalue weighted by Gasteiger charge is 2.15. The van der Waals surface area contributed by atoms with Crippen LogP contribution in [0.2, 0.25) is 0 Å². The molecule has 0 aliphatic rings. The molecule has 10 nitrogen and oxygen atoms in total. The Labute approximate surface area is 191 Å². The van der Waals surface area contributed by atoms with E-state index < -0.39 is 21.5 Å². The number of aromatic nitrogens is 2. The smallest absolute Gasteiger partial charge is 0.274 e. The summed E-state index contributed by atoms with van der Waals surface area (Å²) in [5, 5.41) is 2.62. The largest absolute Gasteiger partial charge is 0.497 e. The van der Waals surface area contributed by atoms with Crippen molar-refractivity contribution in [2.45, 2.75) is 11.3 Å². The summed E-state index contributed by atoms with van der Waals surface area (Å²) in [6.07, 6.45) is 0.322. The minimum atomic E-state index is -3.68. The van der Waals surface area contributed by atoms with Crippen LogP contribution in [-0.4, -0.2) is 51.7 Å². The Balaban J connectivity index is 1.70. The maximum absolute atomic E-state index is 12.6. The van der Waals surface area contributed by atoms with E-state index in [2.05, 4.69) is 20.0 Å². The fraction of sp³-hybridized carbons (Fsp3) is 0.227. The van der Waals surface area contributed by atoms with Gasteiger partial charge >= 0.3 is 0 Å². The molecular weight excluding hydrogens is 448 g/mol. The normalized spacial score (nSPS) is 11.2. The molecular formula is C22H24N4O6S. The minimum Gasteiger partial charge on any atom is -0.497 e. The van der Waals surface area contributed by atoms with Gasteiger partial charge in [-0.3, -0.25) is 9.59 Å². The molecule has 1 aromatic heterocycles. The predicted molar refractivity (Wildman–Crippen MR) is 122 cm³/mol. The van der Waals surface area contributed by atoms with Crippen molar-refractivity contribution in [2.75, 3.05) is 32.7 Å². The van der Waals surface area contributed by atoms with E-state index in [1.165, 1.54) is 31.4 Å². The van der Waals surface area contributed by atoms with Gasteiger partial charge in [0, 0.05) is 31.8 Å². The number of carbonyl (C=O) groups is 1. The number of hydrogen-bond acceptors (Lipinski definition) is 7. The molecule has 1 heterocycles. The van der Waals surface area contributed by atoms with Crippen LogP contribution in [0.25, 0.3) is 0 Å². The van der Waals surface area contributed by atoms with Gasteiger partial charge in [0.2, 0.25) is 10.0 Å². The monoisotopic (exact) mass is 472 g/mol. The second-order valence-electron chi connectivity index (χ2n) is 6.97. The fourth-order valence-corrected chi connectivity index (χ4v) is 3.93. The number of nitrogens with zero attached hydrogens (tertiary/aromatic N) is 1. The Hall–Kier alpha value is -3.54. The van der Waals surface area contributed by atoms with Crippen LogP contribution in [0.5, 0.6) is 5.75 Å². The molecule has 3 aromatic rings. The molecule has 2 aromatic carbocycles. The molecule has 0 aliphatic heterocycles. The van der Waals surface area contributed by atoms with Crippen LogP contribution in [0, 0.1) is 0 Å². The van der Waals surface area contributed by atoms with Crippen molar-refractivity contribution in [3.05, 3.63) is 82.0 Å². The standard InChI is InChI=1S/C22H24N4O6S/c1-31-12-11-23-33(29,30)18-9-5-16(6-10-18)24-22(28)19-14-21(27)26-20(25-19)13-15-3-7-17(32-2)8-4-15/h3-10,14,23H,11-13H2,1-2H3,(H,24,28)(H,25,26,27). The third kappa shape index (κ3) is 6.72. The molecule has 3 rings (SSSR count). The van der Waals surface area contributed by atoms with E-state index in [1.54, 1.807) is 19.2 Å². The third-order valence-electron chi connectivity index (χ3n) is 4.57. The van der Waals surface area contributed by atoms with E-state index in [4.69, 9.17) is 9.47 Å². The van der Waals surface area contributed by atoms with Gasteiger partial charge in [-0.1, -0.05) is 12.1 Å². The van der Waals surface area contributed by atoms with Crippen LogP contribution in [0.1, 0.15) is 21.9 Å². The molecule has 11 heteroatoms. The Morgan fingerprint density at radius 2 is 1.76 bits per heavy atom. The highest BCUT2D eigenvalue weighted by Crippen LogP contribution is 2.15. The maximum atomic E-state index is 12.6. The Morgan fingerprint density at radius 1 is 1.06 bits per heavy atom. The van der Waals surface area contributed by atoms with E-state index in [9.17, 15) is 18.0 Å². The van der Waals surface area contributed by atoms with Gasteiger partial charge in [0.25, 0.3) is 11.5 Å². The van der Waals surface area contributed by atoms with Crippen LogP contribution >= 0.6 is 0 Å². The van der Waals surface area contributed by atoms with Gasteiger partial charge in [-0.25, -0.2) is 18.1 Å². The number of aromatic amines is 1. The molecule has 0 bridgehead atoms. The number of carbonyl (C=O) groups excluding carboxylic acids is 1. The number of hydrogen-bond donors (Lipinski definition) is 3. The SMILES string of the molecule is COCCNS(=O)(=O)c1ccc(NC(=O)c2cc(=O)[nH]c(Cc3ccc(OC)cc3)n2)cc1. The molecule has 1 amide bonds. The lowest BCUT2D eigenvalue weighted by atomic mass is 10.1. The average Bonchev–Trinajstić information content (AvgIpc) is 2.79. The van der Waals surface area contributed by atoms with E-state index in [-0.39, 0.29) is 23.7 Å². The van der Waals surface area contributed by atoms with E-state index in [0.717, 1.165) is 11.6 Å². The molecule has 33 heavy (non-hydrogen) atoms. The first-order valence-electron chi connectivity index (χ1n) is 9.94. The lowest BCUT2D eigenvalue weighted by Crippen LogP contribution is -2.27. The lowest BCUT2D eigenvalue weighted by molar-refractivity contribution is 0.102. The second-order valence-corrected chi connectivity index (χ2v) is 8.74. The maximum Gasteiger partial charge on any atom is 0.274 e. The number of rotatable bonds is 10. The van der Waals surface area contributed by atoms with Gasteiger partial charge in [0.1, 0.15) is 17.3 Å². The number of sulfonamides is 1. The number of benzene rings is 2. The summed E-state index contributed by atoms with van der Waals surface area (Å²) in [7, 11) is -0.636. The first kappa shape index (κ1) is 24.1. The molecule has 0 unspecified atom stereocenters. The van der Waals surface area contributed by atoms with Crippen molar-refractivity contribution in [2.24, 2.45) is 0 Å². The Bertz CT molecular complexity index is 1260. The van der Waals surface area contributed by atoms with Crippen molar-refractivity contribution >= 4 is 21.6 Å². The highest BCUT2D eigenvalue weighted by atomic mass is 32.2. The number of nitrogens with one attached hydrogen (secondary N) is 3. The molecule has 174 valence electrons. The zero-order chi connectivity index (χ0) is 23.8. The van der Waals surface area contributed by atoms with Crippen molar-refractivity contribution in [1.82, 2.24) is 14.7 Å². The minimum absolute atomic E-state index is 0.0488. The predicted octanol–water partition coefficient (Wildman–Crippen LogP) is 1.55. The molecule has 3 N–H and O–H groups in total. The molecule has 0 saturated carbocycles. The van der Waals surface area contributed by atoms with E-state index >= 15 is 0 Å². The molecule has 0 aliphatic carbocycles. The summed E-state index contributed by atoms with van der Waals surface area (Å²) in [5.74, 6) is 0.449. The first-order chi connectivity index (χ1) is 15.8.